The molecule has 4 rings (SSSR count). The van der Waals surface area contributed by atoms with Crippen LogP contribution in [0, 0.1) is 5.92 Å². The standard InChI is InChI=1S/C22H27NO2S2/c1-3-17-7-6-12-23(15-17)27(24,25)16(2)18-10-11-22-20(13-18)14-19-8-4-5-9-21(19)26-22/h4-5,8-11,13,16-17H,3,6-7,12,14-15H2,1-2H3. The van der Waals surface area contributed by atoms with Gasteiger partial charge in [-0.3, -0.25) is 0 Å². The van der Waals surface area contributed by atoms with Crippen LogP contribution in [0.15, 0.2) is 52.3 Å². The summed E-state index contributed by atoms with van der Waals surface area (Å²) in [4.78, 5) is 2.54. The number of benzene rings is 2. The predicted octanol–water partition coefficient (Wildman–Crippen LogP) is 5.25. The summed E-state index contributed by atoms with van der Waals surface area (Å²) in [5.74, 6) is 0.497. The third kappa shape index (κ3) is 3.69. The van der Waals surface area contributed by atoms with Crippen LogP contribution in [0.5, 0.6) is 0 Å². The summed E-state index contributed by atoms with van der Waals surface area (Å²) < 4.78 is 28.2. The maximum Gasteiger partial charge on any atom is 0.220 e. The fourth-order valence-corrected chi connectivity index (χ4v) is 6.94. The van der Waals surface area contributed by atoms with Gasteiger partial charge in [-0.2, -0.15) is 0 Å². The number of hydrogen-bond acceptors (Lipinski definition) is 3. The van der Waals surface area contributed by atoms with Gasteiger partial charge in [0.1, 0.15) is 0 Å². The molecular formula is C22H27NO2S2. The summed E-state index contributed by atoms with van der Waals surface area (Å²) in [6, 6.07) is 14.7. The van der Waals surface area contributed by atoms with Crippen LogP contribution in [-0.4, -0.2) is 25.8 Å². The van der Waals surface area contributed by atoms with E-state index in [4.69, 9.17) is 0 Å². The van der Waals surface area contributed by atoms with E-state index in [1.165, 1.54) is 20.9 Å². The summed E-state index contributed by atoms with van der Waals surface area (Å²) in [6.45, 7) is 5.34. The van der Waals surface area contributed by atoms with Crippen LogP contribution in [0.25, 0.3) is 0 Å². The first kappa shape index (κ1) is 19.0. The summed E-state index contributed by atoms with van der Waals surface area (Å²) >= 11 is 1.78. The maximum absolute atomic E-state index is 13.2. The topological polar surface area (TPSA) is 37.4 Å². The van der Waals surface area contributed by atoms with Gasteiger partial charge in [0.05, 0.1) is 5.25 Å². The molecule has 144 valence electrons. The van der Waals surface area contributed by atoms with Gasteiger partial charge in [-0.15, -0.1) is 0 Å². The molecule has 0 spiro atoms. The Morgan fingerprint density at radius 2 is 1.93 bits per heavy atom. The molecule has 0 radical (unpaired) electrons. The zero-order valence-electron chi connectivity index (χ0n) is 16.0. The summed E-state index contributed by atoms with van der Waals surface area (Å²) in [5, 5.41) is -0.499. The molecular weight excluding hydrogens is 374 g/mol. The minimum absolute atomic E-state index is 0.497. The molecule has 0 aliphatic carbocycles. The number of nitrogens with zero attached hydrogens (tertiary/aromatic N) is 1. The lowest BCUT2D eigenvalue weighted by molar-refractivity contribution is 0.259. The van der Waals surface area contributed by atoms with Crippen LogP contribution in [0.3, 0.4) is 0 Å². The fourth-order valence-electron chi connectivity index (χ4n) is 4.15. The molecule has 2 aliphatic heterocycles. The lowest BCUT2D eigenvalue weighted by Crippen LogP contribution is -2.41. The molecule has 0 aromatic heterocycles. The van der Waals surface area contributed by atoms with Crippen molar-refractivity contribution in [1.29, 1.82) is 0 Å². The van der Waals surface area contributed by atoms with Gasteiger partial charge >= 0.3 is 0 Å². The maximum atomic E-state index is 13.2. The highest BCUT2D eigenvalue weighted by molar-refractivity contribution is 7.99. The SMILES string of the molecule is CCC1CCCN(S(=O)(=O)C(C)c2ccc3c(c2)Cc2ccccc2S3)C1. The van der Waals surface area contributed by atoms with E-state index in [1.807, 2.05) is 13.0 Å². The van der Waals surface area contributed by atoms with Crippen molar-refractivity contribution in [3.05, 3.63) is 59.2 Å². The lowest BCUT2D eigenvalue weighted by Gasteiger charge is -2.33. The Morgan fingerprint density at radius 3 is 2.74 bits per heavy atom. The molecule has 0 bridgehead atoms. The summed E-state index contributed by atoms with van der Waals surface area (Å²) in [6.07, 6.45) is 4.05. The zero-order chi connectivity index (χ0) is 19.0. The van der Waals surface area contributed by atoms with Crippen LogP contribution in [-0.2, 0) is 16.4 Å². The average molecular weight is 402 g/mol. The second kappa shape index (κ2) is 7.61. The Kier molecular flexibility index (Phi) is 5.36. The van der Waals surface area contributed by atoms with E-state index in [0.29, 0.717) is 19.0 Å². The first-order valence-electron chi connectivity index (χ1n) is 9.86. The van der Waals surface area contributed by atoms with Crippen LogP contribution >= 0.6 is 11.8 Å². The van der Waals surface area contributed by atoms with Crippen molar-refractivity contribution in [2.45, 2.75) is 54.6 Å². The predicted molar refractivity (Wildman–Crippen MR) is 112 cm³/mol. The largest absolute Gasteiger partial charge is 0.220 e. The van der Waals surface area contributed by atoms with E-state index in [0.717, 1.165) is 31.2 Å². The summed E-state index contributed by atoms with van der Waals surface area (Å²) in [7, 11) is -3.32. The molecule has 27 heavy (non-hydrogen) atoms. The molecule has 0 N–H and O–H groups in total. The van der Waals surface area contributed by atoms with E-state index >= 15 is 0 Å². The quantitative estimate of drug-likeness (QED) is 0.599. The number of hydrogen-bond donors (Lipinski definition) is 0. The molecule has 0 saturated carbocycles. The highest BCUT2D eigenvalue weighted by Crippen LogP contribution is 2.41. The first-order chi connectivity index (χ1) is 13.0. The van der Waals surface area contributed by atoms with Gasteiger partial charge < -0.3 is 0 Å². The van der Waals surface area contributed by atoms with Gasteiger partial charge in [0.15, 0.2) is 0 Å². The van der Waals surface area contributed by atoms with Crippen molar-refractivity contribution in [3.63, 3.8) is 0 Å². The van der Waals surface area contributed by atoms with Crippen LogP contribution in [0.2, 0.25) is 0 Å². The van der Waals surface area contributed by atoms with Crippen LogP contribution in [0.1, 0.15) is 55.1 Å². The van der Waals surface area contributed by atoms with Gasteiger partial charge in [0.2, 0.25) is 10.0 Å². The van der Waals surface area contributed by atoms with Gasteiger partial charge in [-0.25, -0.2) is 12.7 Å². The molecule has 2 unspecified atom stereocenters. The number of piperidine rings is 1. The molecule has 2 aliphatic rings. The summed E-state index contributed by atoms with van der Waals surface area (Å²) in [5.41, 5.74) is 3.47. The van der Waals surface area contributed by atoms with E-state index in [9.17, 15) is 8.42 Å². The second-order valence-corrected chi connectivity index (χ2v) is 11.1. The first-order valence-corrected chi connectivity index (χ1v) is 12.2. The molecule has 3 nitrogen and oxygen atoms in total. The van der Waals surface area contributed by atoms with Crippen molar-refractivity contribution in [2.24, 2.45) is 5.92 Å². The van der Waals surface area contributed by atoms with Crippen molar-refractivity contribution in [3.8, 4) is 0 Å². The van der Waals surface area contributed by atoms with Gasteiger partial charge in [-0.05, 0) is 60.9 Å². The molecule has 2 atom stereocenters. The van der Waals surface area contributed by atoms with Crippen molar-refractivity contribution in [1.82, 2.24) is 4.31 Å². The normalized spacial score (nSPS) is 21.3. The molecule has 1 saturated heterocycles. The molecule has 5 heteroatoms. The Balaban J connectivity index is 1.59. The number of sulfonamides is 1. The molecule has 2 aromatic rings. The van der Waals surface area contributed by atoms with E-state index in [-0.39, 0.29) is 0 Å². The van der Waals surface area contributed by atoms with Crippen molar-refractivity contribution < 1.29 is 8.42 Å². The third-order valence-electron chi connectivity index (χ3n) is 5.99. The Bertz CT molecular complexity index is 939. The Hall–Kier alpha value is -1.30. The van der Waals surface area contributed by atoms with E-state index in [2.05, 4.69) is 43.3 Å². The molecule has 1 fully saturated rings. The molecule has 2 heterocycles. The number of rotatable bonds is 4. The van der Waals surface area contributed by atoms with E-state index in [1.54, 1.807) is 16.1 Å². The Labute approximate surface area is 167 Å². The highest BCUT2D eigenvalue weighted by atomic mass is 32.2. The fraction of sp³-hybridized carbons (Fsp3) is 0.455. The molecule has 2 aromatic carbocycles. The highest BCUT2D eigenvalue weighted by Gasteiger charge is 2.33. The Morgan fingerprint density at radius 1 is 1.15 bits per heavy atom. The van der Waals surface area contributed by atoms with Gasteiger partial charge in [-0.1, -0.05) is 55.4 Å². The van der Waals surface area contributed by atoms with Crippen LogP contribution < -0.4 is 0 Å². The minimum atomic E-state index is -3.32. The average Bonchev–Trinajstić information content (AvgIpc) is 2.71. The monoisotopic (exact) mass is 401 g/mol. The minimum Gasteiger partial charge on any atom is -0.212 e. The smallest absolute Gasteiger partial charge is 0.212 e. The lowest BCUT2D eigenvalue weighted by atomic mass is 9.97. The number of fused-ring (bicyclic) bond motifs is 2. The van der Waals surface area contributed by atoms with Gasteiger partial charge in [0.25, 0.3) is 0 Å². The second-order valence-electron chi connectivity index (χ2n) is 7.72. The van der Waals surface area contributed by atoms with Crippen LogP contribution in [0.4, 0.5) is 0 Å². The van der Waals surface area contributed by atoms with Crippen molar-refractivity contribution >= 4 is 21.8 Å². The zero-order valence-corrected chi connectivity index (χ0v) is 17.7. The van der Waals surface area contributed by atoms with Gasteiger partial charge in [0, 0.05) is 22.9 Å². The molecule has 0 amide bonds. The van der Waals surface area contributed by atoms with E-state index < -0.39 is 15.3 Å². The van der Waals surface area contributed by atoms with Crippen molar-refractivity contribution in [2.75, 3.05) is 13.1 Å². The third-order valence-corrected chi connectivity index (χ3v) is 9.45.